The molecular formula is C28H38F2N4O. The quantitative estimate of drug-likeness (QED) is 0.690. The summed E-state index contributed by atoms with van der Waals surface area (Å²) in [6, 6.07) is 12.9. The second-order valence-corrected chi connectivity index (χ2v) is 11.1. The van der Waals surface area contributed by atoms with Crippen molar-refractivity contribution in [2.45, 2.75) is 59.3 Å². The highest BCUT2D eigenvalue weighted by Crippen LogP contribution is 2.34. The summed E-state index contributed by atoms with van der Waals surface area (Å²) in [5, 5.41) is 3.52. The van der Waals surface area contributed by atoms with Crippen molar-refractivity contribution in [2.24, 2.45) is 5.41 Å². The fourth-order valence-electron chi connectivity index (χ4n) is 5.13. The molecule has 190 valence electrons. The van der Waals surface area contributed by atoms with Crippen LogP contribution in [0, 0.1) is 17.0 Å². The van der Waals surface area contributed by atoms with Gasteiger partial charge in [-0.15, -0.1) is 0 Å². The summed E-state index contributed by atoms with van der Waals surface area (Å²) in [5.41, 5.74) is 2.12. The molecule has 2 aliphatic heterocycles. The van der Waals surface area contributed by atoms with Gasteiger partial charge in [0.2, 0.25) is 5.91 Å². The van der Waals surface area contributed by atoms with Gasteiger partial charge in [-0.2, -0.15) is 0 Å². The van der Waals surface area contributed by atoms with E-state index in [0.717, 1.165) is 31.3 Å². The van der Waals surface area contributed by atoms with E-state index in [-0.39, 0.29) is 11.9 Å². The smallest absolute Gasteiger partial charge is 0.228 e. The molecule has 0 saturated carbocycles. The van der Waals surface area contributed by atoms with Gasteiger partial charge in [0.05, 0.1) is 11.7 Å². The van der Waals surface area contributed by atoms with Gasteiger partial charge in [0.15, 0.2) is 0 Å². The average molecular weight is 485 g/mol. The van der Waals surface area contributed by atoms with Gasteiger partial charge in [-0.3, -0.25) is 9.69 Å². The summed E-state index contributed by atoms with van der Waals surface area (Å²) in [7, 11) is 0. The number of anilines is 1. The van der Waals surface area contributed by atoms with Crippen molar-refractivity contribution < 1.29 is 13.6 Å². The number of benzene rings is 2. The van der Waals surface area contributed by atoms with Gasteiger partial charge in [0.25, 0.3) is 0 Å². The molecule has 7 heteroatoms. The molecule has 0 aromatic heterocycles. The van der Waals surface area contributed by atoms with Crippen LogP contribution in [0.1, 0.15) is 51.8 Å². The average Bonchev–Trinajstić information content (AvgIpc) is 2.81. The van der Waals surface area contributed by atoms with Crippen molar-refractivity contribution in [1.29, 1.82) is 0 Å². The number of rotatable bonds is 4. The first kappa shape index (κ1) is 25.6. The second kappa shape index (κ2) is 10.2. The third kappa shape index (κ3) is 5.84. The number of nitrogens with one attached hydrogen (secondary N) is 1. The summed E-state index contributed by atoms with van der Waals surface area (Å²) in [5.74, 6) is -1.09. The molecule has 0 unspecified atom stereocenters. The topological polar surface area (TPSA) is 38.8 Å². The maximum Gasteiger partial charge on any atom is 0.228 e. The highest BCUT2D eigenvalue weighted by atomic mass is 19.1. The summed E-state index contributed by atoms with van der Waals surface area (Å²) >= 11 is 0. The van der Waals surface area contributed by atoms with Gasteiger partial charge in [0.1, 0.15) is 11.6 Å². The van der Waals surface area contributed by atoms with Crippen LogP contribution >= 0.6 is 0 Å². The number of amides is 1. The summed E-state index contributed by atoms with van der Waals surface area (Å²) in [4.78, 5) is 19.4. The number of carbonyl (C=O) groups excluding carboxylic acids is 1. The molecule has 2 heterocycles. The van der Waals surface area contributed by atoms with E-state index in [0.29, 0.717) is 37.4 Å². The first-order chi connectivity index (χ1) is 16.5. The minimum Gasteiger partial charge on any atom is -0.359 e. The molecule has 2 fully saturated rings. The molecule has 3 atom stereocenters. The zero-order valence-electron chi connectivity index (χ0n) is 21.5. The van der Waals surface area contributed by atoms with E-state index in [1.807, 2.05) is 30.6 Å². The van der Waals surface area contributed by atoms with E-state index in [1.165, 1.54) is 17.7 Å². The van der Waals surface area contributed by atoms with E-state index < -0.39 is 17.0 Å². The van der Waals surface area contributed by atoms with E-state index in [4.69, 9.17) is 0 Å². The van der Waals surface area contributed by atoms with Crippen LogP contribution in [-0.2, 0) is 11.3 Å². The Morgan fingerprint density at radius 2 is 1.74 bits per heavy atom. The maximum absolute atomic E-state index is 14.8. The monoisotopic (exact) mass is 484 g/mol. The van der Waals surface area contributed by atoms with Crippen LogP contribution in [0.15, 0.2) is 42.5 Å². The molecule has 4 rings (SSSR count). The molecule has 1 N–H and O–H groups in total. The van der Waals surface area contributed by atoms with E-state index in [2.05, 4.69) is 48.3 Å². The minimum absolute atomic E-state index is 0.0835. The number of halogens is 2. The van der Waals surface area contributed by atoms with Crippen molar-refractivity contribution in [2.75, 3.05) is 37.6 Å². The van der Waals surface area contributed by atoms with Crippen LogP contribution < -0.4 is 10.2 Å². The Morgan fingerprint density at radius 3 is 2.40 bits per heavy atom. The first-order valence-corrected chi connectivity index (χ1v) is 12.6. The number of hydrogen-bond acceptors (Lipinski definition) is 4. The lowest BCUT2D eigenvalue weighted by Gasteiger charge is -2.44. The molecule has 0 radical (unpaired) electrons. The first-order valence-electron chi connectivity index (χ1n) is 12.6. The second-order valence-electron chi connectivity index (χ2n) is 11.1. The van der Waals surface area contributed by atoms with Crippen molar-refractivity contribution in [3.8, 4) is 0 Å². The Bertz CT molecular complexity index is 1040. The standard InChI is InChI=1S/C28H38F2N4O/c1-19-16-33(20(2)15-31-19)17-21-6-8-22(9-7-21)26-18-32(27(35)28(3,4)5)12-13-34(26)25-11-10-23(29)14-24(25)30/h6-11,14,19-20,26,31H,12-13,15-18H2,1-5H3/t19-,20+,26+/m1/s1. The predicted molar refractivity (Wildman–Crippen MR) is 136 cm³/mol. The zero-order chi connectivity index (χ0) is 25.3. The van der Waals surface area contributed by atoms with Crippen LogP contribution in [0.4, 0.5) is 14.5 Å². The fraction of sp³-hybridized carbons (Fsp3) is 0.536. The third-order valence-corrected chi connectivity index (χ3v) is 7.17. The summed E-state index contributed by atoms with van der Waals surface area (Å²) in [6.07, 6.45) is 0. The Balaban J connectivity index is 1.59. The minimum atomic E-state index is -0.592. The van der Waals surface area contributed by atoms with Crippen LogP contribution in [0.25, 0.3) is 0 Å². The summed E-state index contributed by atoms with van der Waals surface area (Å²) < 4.78 is 28.4. The highest BCUT2D eigenvalue weighted by molar-refractivity contribution is 5.82. The molecular weight excluding hydrogens is 446 g/mol. The van der Waals surface area contributed by atoms with Gasteiger partial charge in [-0.05, 0) is 37.1 Å². The third-order valence-electron chi connectivity index (χ3n) is 7.17. The highest BCUT2D eigenvalue weighted by Gasteiger charge is 2.36. The number of carbonyl (C=O) groups is 1. The van der Waals surface area contributed by atoms with Gasteiger partial charge in [-0.25, -0.2) is 8.78 Å². The predicted octanol–water partition coefficient (Wildman–Crippen LogP) is 4.58. The molecule has 1 amide bonds. The normalized spacial score (nSPS) is 24.0. The zero-order valence-corrected chi connectivity index (χ0v) is 21.5. The maximum atomic E-state index is 14.8. The molecule has 0 spiro atoms. The lowest BCUT2D eigenvalue weighted by Crippen LogP contribution is -2.53. The van der Waals surface area contributed by atoms with E-state index >= 15 is 0 Å². The van der Waals surface area contributed by atoms with Gasteiger partial charge >= 0.3 is 0 Å². The van der Waals surface area contributed by atoms with Crippen LogP contribution in [0.5, 0.6) is 0 Å². The molecule has 0 aliphatic carbocycles. The van der Waals surface area contributed by atoms with Gasteiger partial charge in [0, 0.05) is 62.8 Å². The number of nitrogens with zero attached hydrogens (tertiary/aromatic N) is 3. The van der Waals surface area contributed by atoms with E-state index in [1.54, 1.807) is 0 Å². The molecule has 5 nitrogen and oxygen atoms in total. The molecule has 35 heavy (non-hydrogen) atoms. The molecule has 2 aliphatic rings. The molecule has 2 saturated heterocycles. The lowest BCUT2D eigenvalue weighted by molar-refractivity contribution is -0.140. The Hall–Kier alpha value is -2.51. The van der Waals surface area contributed by atoms with Crippen LogP contribution in [0.3, 0.4) is 0 Å². The molecule has 2 aromatic carbocycles. The molecule has 2 aromatic rings. The largest absolute Gasteiger partial charge is 0.359 e. The summed E-state index contributed by atoms with van der Waals surface area (Å²) in [6.45, 7) is 14.5. The molecule has 0 bridgehead atoms. The van der Waals surface area contributed by atoms with Crippen LogP contribution in [0.2, 0.25) is 0 Å². The Labute approximate surface area is 208 Å². The van der Waals surface area contributed by atoms with Crippen molar-refractivity contribution in [3.63, 3.8) is 0 Å². The SMILES string of the molecule is C[C@@H]1CN(Cc2ccc([C@@H]3CN(C(=O)C(C)(C)C)CCN3c3ccc(F)cc3F)cc2)[C@@H](C)CN1. The van der Waals surface area contributed by atoms with Gasteiger partial charge in [-0.1, -0.05) is 45.0 Å². The number of hydrogen-bond donors (Lipinski definition) is 1. The Morgan fingerprint density at radius 1 is 1.03 bits per heavy atom. The van der Waals surface area contributed by atoms with Crippen LogP contribution in [-0.4, -0.2) is 60.5 Å². The Kier molecular flexibility index (Phi) is 7.48. The van der Waals surface area contributed by atoms with Gasteiger partial charge < -0.3 is 15.1 Å². The van der Waals surface area contributed by atoms with Crippen molar-refractivity contribution in [1.82, 2.24) is 15.1 Å². The number of piperazine rings is 2. The van der Waals surface area contributed by atoms with Crippen molar-refractivity contribution >= 4 is 11.6 Å². The van der Waals surface area contributed by atoms with Crippen molar-refractivity contribution in [3.05, 3.63) is 65.2 Å². The van der Waals surface area contributed by atoms with E-state index in [9.17, 15) is 13.6 Å². The lowest BCUT2D eigenvalue weighted by atomic mass is 9.92. The fourth-order valence-corrected chi connectivity index (χ4v) is 5.13.